The quantitative estimate of drug-likeness (QED) is 0.169. The second kappa shape index (κ2) is 14.7. The summed E-state index contributed by atoms with van der Waals surface area (Å²) in [6.45, 7) is -0.384. The molecule has 2 amide bonds. The van der Waals surface area contributed by atoms with Crippen LogP contribution in [0.2, 0.25) is 5.02 Å². The largest absolute Gasteiger partial charge is 0.491 e. The zero-order valence-electron chi connectivity index (χ0n) is 21.2. The SMILES string of the molecule is O=C(CNC(=O)OCCNc1ccccn1)NC(CC(=O)OC(=O)C(F)(F)F)c1ccc(-c2ccccc2)c(Cl)c1. The average molecular weight is 593 g/mol. The summed E-state index contributed by atoms with van der Waals surface area (Å²) in [5.74, 6) is -4.45. The van der Waals surface area contributed by atoms with Gasteiger partial charge in [0.1, 0.15) is 19.0 Å². The van der Waals surface area contributed by atoms with E-state index in [0.29, 0.717) is 11.4 Å². The summed E-state index contributed by atoms with van der Waals surface area (Å²) in [5.41, 5.74) is 1.64. The summed E-state index contributed by atoms with van der Waals surface area (Å²) < 4.78 is 46.4. The molecule has 0 aliphatic rings. The maximum Gasteiger partial charge on any atom is 0.491 e. The Hall–Kier alpha value is -4.65. The number of alkyl halides is 3. The van der Waals surface area contributed by atoms with Crippen LogP contribution in [0.5, 0.6) is 0 Å². The second-order valence-corrected chi connectivity index (χ2v) is 8.73. The first-order valence-corrected chi connectivity index (χ1v) is 12.4. The van der Waals surface area contributed by atoms with Crippen LogP contribution in [0.4, 0.5) is 23.8 Å². The maximum absolute atomic E-state index is 12.5. The number of hydrogen-bond acceptors (Lipinski definition) is 8. The lowest BCUT2D eigenvalue weighted by atomic mass is 9.99. The molecule has 0 radical (unpaired) electrons. The lowest BCUT2D eigenvalue weighted by Crippen LogP contribution is -2.40. The second-order valence-electron chi connectivity index (χ2n) is 8.32. The summed E-state index contributed by atoms with van der Waals surface area (Å²) in [4.78, 5) is 51.7. The number of carbonyl (C=O) groups excluding carboxylic acids is 4. The Morgan fingerprint density at radius 1 is 0.976 bits per heavy atom. The number of anilines is 1. The molecular weight excluding hydrogens is 569 g/mol. The van der Waals surface area contributed by atoms with Crippen molar-refractivity contribution in [3.05, 3.63) is 83.5 Å². The van der Waals surface area contributed by atoms with Gasteiger partial charge in [0.15, 0.2) is 0 Å². The number of alkyl carbamates (subject to hydrolysis) is 1. The van der Waals surface area contributed by atoms with Gasteiger partial charge in [-0.15, -0.1) is 0 Å². The number of rotatable bonds is 11. The fourth-order valence-corrected chi connectivity index (χ4v) is 3.76. The van der Waals surface area contributed by atoms with Crippen molar-refractivity contribution in [2.75, 3.05) is 25.0 Å². The summed E-state index contributed by atoms with van der Waals surface area (Å²) >= 11 is 6.41. The third-order valence-corrected chi connectivity index (χ3v) is 5.64. The molecule has 0 aliphatic carbocycles. The van der Waals surface area contributed by atoms with E-state index in [1.54, 1.807) is 54.7 Å². The van der Waals surface area contributed by atoms with E-state index in [-0.39, 0.29) is 23.7 Å². The van der Waals surface area contributed by atoms with Crippen LogP contribution in [-0.4, -0.2) is 54.8 Å². The van der Waals surface area contributed by atoms with Crippen LogP contribution >= 0.6 is 11.6 Å². The summed E-state index contributed by atoms with van der Waals surface area (Å²) in [5, 5.41) is 7.80. The van der Waals surface area contributed by atoms with Crippen LogP contribution in [0, 0.1) is 0 Å². The van der Waals surface area contributed by atoms with Crippen LogP contribution in [0.3, 0.4) is 0 Å². The topological polar surface area (TPSA) is 136 Å². The number of halogens is 4. The number of pyridine rings is 1. The minimum atomic E-state index is -5.38. The zero-order valence-corrected chi connectivity index (χ0v) is 22.0. The van der Waals surface area contributed by atoms with Gasteiger partial charge in [0.2, 0.25) is 5.91 Å². The normalized spacial score (nSPS) is 11.6. The summed E-state index contributed by atoms with van der Waals surface area (Å²) in [6.07, 6.45) is -5.55. The third kappa shape index (κ3) is 10.1. The van der Waals surface area contributed by atoms with Crippen LogP contribution in [0.1, 0.15) is 18.0 Å². The fourth-order valence-electron chi connectivity index (χ4n) is 3.46. The number of benzene rings is 2. The Bertz CT molecular complexity index is 1360. The molecule has 0 saturated carbocycles. The van der Waals surface area contributed by atoms with Gasteiger partial charge < -0.3 is 25.4 Å². The van der Waals surface area contributed by atoms with E-state index >= 15 is 0 Å². The van der Waals surface area contributed by atoms with Crippen molar-refractivity contribution in [1.29, 1.82) is 0 Å². The first kappa shape index (κ1) is 30.9. The molecule has 3 rings (SSSR count). The number of hydrogen-bond donors (Lipinski definition) is 3. The van der Waals surface area contributed by atoms with Crippen molar-refractivity contribution in [2.24, 2.45) is 0 Å². The number of nitrogens with zero attached hydrogens (tertiary/aromatic N) is 1. The molecule has 41 heavy (non-hydrogen) atoms. The molecule has 14 heteroatoms. The Morgan fingerprint density at radius 3 is 2.37 bits per heavy atom. The first-order valence-electron chi connectivity index (χ1n) is 12.0. The highest BCUT2D eigenvalue weighted by Crippen LogP contribution is 2.31. The molecule has 0 saturated heterocycles. The highest BCUT2D eigenvalue weighted by molar-refractivity contribution is 6.33. The maximum atomic E-state index is 12.5. The van der Waals surface area contributed by atoms with Crippen molar-refractivity contribution < 1.29 is 41.8 Å². The molecule has 0 aliphatic heterocycles. The van der Waals surface area contributed by atoms with Crippen LogP contribution in [0.15, 0.2) is 72.9 Å². The molecular formula is C27H24ClF3N4O6. The highest BCUT2D eigenvalue weighted by atomic mass is 35.5. The lowest BCUT2D eigenvalue weighted by Gasteiger charge is -2.20. The summed E-state index contributed by atoms with van der Waals surface area (Å²) in [7, 11) is 0. The van der Waals surface area contributed by atoms with Crippen molar-refractivity contribution in [2.45, 2.75) is 18.6 Å². The third-order valence-electron chi connectivity index (χ3n) is 5.32. The molecule has 3 N–H and O–H groups in total. The van der Waals surface area contributed by atoms with E-state index in [0.717, 1.165) is 5.56 Å². The molecule has 0 spiro atoms. The Morgan fingerprint density at radius 2 is 1.71 bits per heavy atom. The molecule has 216 valence electrons. The van der Waals surface area contributed by atoms with Gasteiger partial charge in [-0.3, -0.25) is 9.59 Å². The number of amides is 2. The van der Waals surface area contributed by atoms with Crippen molar-refractivity contribution in [3.63, 3.8) is 0 Å². The van der Waals surface area contributed by atoms with Crippen molar-refractivity contribution >= 4 is 41.4 Å². The molecule has 10 nitrogen and oxygen atoms in total. The van der Waals surface area contributed by atoms with E-state index in [1.807, 2.05) is 6.07 Å². The minimum absolute atomic E-state index is 0.0437. The van der Waals surface area contributed by atoms with Gasteiger partial charge in [0.05, 0.1) is 19.0 Å². The van der Waals surface area contributed by atoms with E-state index < -0.39 is 49.1 Å². The molecule has 0 bridgehead atoms. The lowest BCUT2D eigenvalue weighted by molar-refractivity contribution is -0.202. The average Bonchev–Trinajstić information content (AvgIpc) is 2.94. The van der Waals surface area contributed by atoms with E-state index in [1.165, 1.54) is 12.1 Å². The zero-order chi connectivity index (χ0) is 29.8. The Kier molecular flexibility index (Phi) is 11.0. The van der Waals surface area contributed by atoms with E-state index in [9.17, 15) is 32.3 Å². The molecule has 3 aromatic rings. The smallest absolute Gasteiger partial charge is 0.448 e. The van der Waals surface area contributed by atoms with Crippen LogP contribution in [0.25, 0.3) is 11.1 Å². The Balaban J connectivity index is 1.61. The molecule has 1 aromatic heterocycles. The number of carbonyl (C=O) groups is 4. The van der Waals surface area contributed by atoms with E-state index in [4.69, 9.17) is 16.3 Å². The monoisotopic (exact) mass is 592 g/mol. The van der Waals surface area contributed by atoms with E-state index in [2.05, 4.69) is 25.7 Å². The molecule has 1 atom stereocenters. The molecule has 1 unspecified atom stereocenters. The van der Waals surface area contributed by atoms with Gasteiger partial charge in [0.25, 0.3) is 0 Å². The van der Waals surface area contributed by atoms with Crippen molar-refractivity contribution in [1.82, 2.24) is 15.6 Å². The predicted octanol–water partition coefficient (Wildman–Crippen LogP) is 4.42. The number of esters is 2. The minimum Gasteiger partial charge on any atom is -0.448 e. The first-order chi connectivity index (χ1) is 19.5. The molecule has 1 heterocycles. The highest BCUT2D eigenvalue weighted by Gasteiger charge is 2.42. The summed E-state index contributed by atoms with van der Waals surface area (Å²) in [6, 6.07) is 17.5. The Labute approximate surface area is 237 Å². The standard InChI is InChI=1S/C27H24ClF3N4O6/c28-20-14-18(9-10-19(20)17-6-2-1-3-7-17)21(15-24(37)41-25(38)27(29,30)31)35-23(36)16-34-26(39)40-13-12-33-22-8-4-5-11-32-22/h1-11,14,21H,12-13,15-16H2,(H,32,33)(H,34,39)(H,35,36). The van der Waals surface area contributed by atoms with Gasteiger partial charge in [-0.25, -0.2) is 14.6 Å². The van der Waals surface area contributed by atoms with Crippen LogP contribution in [-0.2, 0) is 23.9 Å². The number of nitrogens with one attached hydrogen (secondary N) is 3. The van der Waals surface area contributed by atoms with Gasteiger partial charge in [0, 0.05) is 16.8 Å². The predicted molar refractivity (Wildman–Crippen MR) is 142 cm³/mol. The van der Waals surface area contributed by atoms with Crippen LogP contribution < -0.4 is 16.0 Å². The molecule has 0 fully saturated rings. The van der Waals surface area contributed by atoms with Gasteiger partial charge in [-0.2, -0.15) is 13.2 Å². The van der Waals surface area contributed by atoms with Crippen molar-refractivity contribution in [3.8, 4) is 11.1 Å². The van der Waals surface area contributed by atoms with Gasteiger partial charge >= 0.3 is 24.2 Å². The van der Waals surface area contributed by atoms with Gasteiger partial charge in [-0.05, 0) is 29.3 Å². The van der Waals surface area contributed by atoms with Gasteiger partial charge in [-0.1, -0.05) is 60.1 Å². The molecule has 2 aromatic carbocycles. The number of aromatic nitrogens is 1. The number of ether oxygens (including phenoxy) is 2. The fraction of sp³-hybridized carbons (Fsp3) is 0.222.